The average molecular weight is 291 g/mol. The van der Waals surface area contributed by atoms with Crippen molar-refractivity contribution in [1.82, 2.24) is 0 Å². The van der Waals surface area contributed by atoms with Crippen molar-refractivity contribution in [2.45, 2.75) is 6.54 Å². The van der Waals surface area contributed by atoms with Gasteiger partial charge in [0.2, 0.25) is 0 Å². The number of carbonyl (C=O) groups is 1. The molecule has 2 rings (SSSR count). The summed E-state index contributed by atoms with van der Waals surface area (Å²) in [7, 11) is 1.83. The zero-order valence-electron chi connectivity index (χ0n) is 11.0. The van der Waals surface area contributed by atoms with Gasteiger partial charge < -0.3 is 15.7 Å². The van der Waals surface area contributed by atoms with Crippen molar-refractivity contribution in [2.24, 2.45) is 0 Å². The summed E-state index contributed by atoms with van der Waals surface area (Å²) in [6.07, 6.45) is 0. The Bertz CT molecular complexity index is 644. The standard InChI is InChI=1S/C15H15ClN2O2/c1-18(9-10-3-2-4-11(16)7-10)14-6-5-12(17)8-13(14)15(19)20/h2-8H,9,17H2,1H3,(H,19,20). The van der Waals surface area contributed by atoms with Crippen LogP contribution in [0.3, 0.4) is 0 Å². The second-order valence-electron chi connectivity index (χ2n) is 4.57. The Morgan fingerprint density at radius 2 is 2.05 bits per heavy atom. The zero-order valence-corrected chi connectivity index (χ0v) is 11.8. The monoisotopic (exact) mass is 290 g/mol. The van der Waals surface area contributed by atoms with Crippen LogP contribution in [0.2, 0.25) is 5.02 Å². The van der Waals surface area contributed by atoms with E-state index in [4.69, 9.17) is 17.3 Å². The molecule has 0 aliphatic heterocycles. The highest BCUT2D eigenvalue weighted by Crippen LogP contribution is 2.24. The summed E-state index contributed by atoms with van der Waals surface area (Å²) in [5.74, 6) is -0.995. The quantitative estimate of drug-likeness (QED) is 0.848. The molecule has 0 bridgehead atoms. The molecule has 0 radical (unpaired) electrons. The number of halogens is 1. The van der Waals surface area contributed by atoms with E-state index in [0.717, 1.165) is 5.56 Å². The minimum absolute atomic E-state index is 0.189. The number of carboxylic acids is 1. The van der Waals surface area contributed by atoms with E-state index in [9.17, 15) is 9.90 Å². The number of nitrogen functional groups attached to an aromatic ring is 1. The fourth-order valence-corrected chi connectivity index (χ4v) is 2.27. The molecule has 0 fully saturated rings. The Morgan fingerprint density at radius 3 is 2.70 bits per heavy atom. The average Bonchev–Trinajstić information content (AvgIpc) is 2.38. The van der Waals surface area contributed by atoms with E-state index in [-0.39, 0.29) is 5.56 Å². The summed E-state index contributed by atoms with van der Waals surface area (Å²) in [5.41, 5.74) is 7.89. The fourth-order valence-electron chi connectivity index (χ4n) is 2.05. The lowest BCUT2D eigenvalue weighted by atomic mass is 10.1. The molecule has 0 aliphatic rings. The number of aromatic carboxylic acids is 1. The molecule has 0 heterocycles. The van der Waals surface area contributed by atoms with Gasteiger partial charge in [-0.2, -0.15) is 0 Å². The Labute approximate surface area is 122 Å². The van der Waals surface area contributed by atoms with Crippen LogP contribution in [0.5, 0.6) is 0 Å². The van der Waals surface area contributed by atoms with E-state index in [1.54, 1.807) is 18.2 Å². The number of hydrogen-bond acceptors (Lipinski definition) is 3. The van der Waals surface area contributed by atoms with E-state index >= 15 is 0 Å². The van der Waals surface area contributed by atoms with Crippen LogP contribution in [-0.2, 0) is 6.54 Å². The Hall–Kier alpha value is -2.20. The molecule has 20 heavy (non-hydrogen) atoms. The lowest BCUT2D eigenvalue weighted by molar-refractivity contribution is 0.0697. The van der Waals surface area contributed by atoms with E-state index < -0.39 is 5.97 Å². The molecular weight excluding hydrogens is 276 g/mol. The van der Waals surface area contributed by atoms with Crippen molar-refractivity contribution in [1.29, 1.82) is 0 Å². The van der Waals surface area contributed by atoms with Crippen molar-refractivity contribution in [3.63, 3.8) is 0 Å². The normalized spacial score (nSPS) is 10.3. The van der Waals surface area contributed by atoms with Crippen LogP contribution >= 0.6 is 11.6 Å². The van der Waals surface area contributed by atoms with Crippen molar-refractivity contribution in [3.05, 3.63) is 58.6 Å². The van der Waals surface area contributed by atoms with Crippen molar-refractivity contribution in [2.75, 3.05) is 17.7 Å². The molecule has 0 aliphatic carbocycles. The lowest BCUT2D eigenvalue weighted by Gasteiger charge is -2.21. The van der Waals surface area contributed by atoms with Crippen LogP contribution in [-0.4, -0.2) is 18.1 Å². The van der Waals surface area contributed by atoms with Gasteiger partial charge in [0.05, 0.1) is 11.3 Å². The molecule has 0 saturated heterocycles. The van der Waals surface area contributed by atoms with Gasteiger partial charge in [0.15, 0.2) is 0 Å². The molecule has 104 valence electrons. The summed E-state index contributed by atoms with van der Waals surface area (Å²) < 4.78 is 0. The summed E-state index contributed by atoms with van der Waals surface area (Å²) in [6.45, 7) is 0.560. The molecule has 5 heteroatoms. The Kier molecular flexibility index (Phi) is 4.15. The van der Waals surface area contributed by atoms with Crippen molar-refractivity contribution in [3.8, 4) is 0 Å². The maximum absolute atomic E-state index is 11.3. The van der Waals surface area contributed by atoms with Gasteiger partial charge in [0, 0.05) is 24.3 Å². The van der Waals surface area contributed by atoms with Crippen LogP contribution in [0, 0.1) is 0 Å². The number of nitrogens with two attached hydrogens (primary N) is 1. The van der Waals surface area contributed by atoms with Gasteiger partial charge in [-0.3, -0.25) is 0 Å². The summed E-state index contributed by atoms with van der Waals surface area (Å²) in [6, 6.07) is 12.3. The first-order valence-corrected chi connectivity index (χ1v) is 6.43. The molecule has 0 spiro atoms. The number of hydrogen-bond donors (Lipinski definition) is 2. The summed E-state index contributed by atoms with van der Waals surface area (Å²) in [5, 5.41) is 9.90. The largest absolute Gasteiger partial charge is 0.478 e. The van der Waals surface area contributed by atoms with E-state index in [1.807, 2.05) is 30.1 Å². The van der Waals surface area contributed by atoms with Gasteiger partial charge in [0.1, 0.15) is 0 Å². The third kappa shape index (κ3) is 3.22. The van der Waals surface area contributed by atoms with Gasteiger partial charge in [-0.05, 0) is 35.9 Å². The van der Waals surface area contributed by atoms with Gasteiger partial charge in [-0.1, -0.05) is 23.7 Å². The zero-order chi connectivity index (χ0) is 14.7. The number of nitrogens with zero attached hydrogens (tertiary/aromatic N) is 1. The number of anilines is 2. The van der Waals surface area contributed by atoms with Gasteiger partial charge in [-0.15, -0.1) is 0 Å². The molecule has 0 aromatic heterocycles. The summed E-state index contributed by atoms with van der Waals surface area (Å²) >= 11 is 5.95. The topological polar surface area (TPSA) is 66.6 Å². The predicted molar refractivity (Wildman–Crippen MR) is 81.4 cm³/mol. The molecule has 0 saturated carbocycles. The van der Waals surface area contributed by atoms with Crippen molar-refractivity contribution >= 4 is 28.9 Å². The van der Waals surface area contributed by atoms with Gasteiger partial charge >= 0.3 is 5.97 Å². The molecule has 2 aromatic rings. The minimum Gasteiger partial charge on any atom is -0.478 e. The highest BCUT2D eigenvalue weighted by atomic mass is 35.5. The van der Waals surface area contributed by atoms with Crippen molar-refractivity contribution < 1.29 is 9.90 Å². The van der Waals surface area contributed by atoms with Crippen LogP contribution in [0.4, 0.5) is 11.4 Å². The highest BCUT2D eigenvalue weighted by molar-refractivity contribution is 6.30. The lowest BCUT2D eigenvalue weighted by Crippen LogP contribution is -2.19. The van der Waals surface area contributed by atoms with Crippen LogP contribution in [0.25, 0.3) is 0 Å². The van der Waals surface area contributed by atoms with Crippen LogP contribution in [0.15, 0.2) is 42.5 Å². The molecular formula is C15H15ClN2O2. The second-order valence-corrected chi connectivity index (χ2v) is 5.00. The van der Waals surface area contributed by atoms with E-state index in [0.29, 0.717) is 22.9 Å². The fraction of sp³-hybridized carbons (Fsp3) is 0.133. The smallest absolute Gasteiger partial charge is 0.337 e. The van der Waals surface area contributed by atoms with Gasteiger partial charge in [-0.25, -0.2) is 4.79 Å². The van der Waals surface area contributed by atoms with E-state index in [1.165, 1.54) is 6.07 Å². The maximum atomic E-state index is 11.3. The first-order chi connectivity index (χ1) is 9.47. The third-order valence-electron chi connectivity index (χ3n) is 2.97. The molecule has 3 N–H and O–H groups in total. The van der Waals surface area contributed by atoms with Crippen LogP contribution < -0.4 is 10.6 Å². The molecule has 0 amide bonds. The Balaban J connectivity index is 2.29. The summed E-state index contributed by atoms with van der Waals surface area (Å²) in [4.78, 5) is 13.1. The maximum Gasteiger partial charge on any atom is 0.337 e. The highest BCUT2D eigenvalue weighted by Gasteiger charge is 2.14. The van der Waals surface area contributed by atoms with Gasteiger partial charge in [0.25, 0.3) is 0 Å². The predicted octanol–water partition coefficient (Wildman–Crippen LogP) is 3.26. The second kappa shape index (κ2) is 5.84. The molecule has 2 aromatic carbocycles. The SMILES string of the molecule is CN(Cc1cccc(Cl)c1)c1ccc(N)cc1C(=O)O. The molecule has 4 nitrogen and oxygen atoms in total. The number of benzene rings is 2. The Morgan fingerprint density at radius 1 is 1.30 bits per heavy atom. The van der Waals surface area contributed by atoms with E-state index in [2.05, 4.69) is 0 Å². The first-order valence-electron chi connectivity index (χ1n) is 6.06. The minimum atomic E-state index is -0.995. The molecule has 0 atom stereocenters. The third-order valence-corrected chi connectivity index (χ3v) is 3.21. The first kappa shape index (κ1) is 14.2. The van der Waals surface area contributed by atoms with Crippen LogP contribution in [0.1, 0.15) is 15.9 Å². The number of carboxylic acid groups (broad SMARTS) is 1. The number of rotatable bonds is 4. The molecule has 0 unspecified atom stereocenters.